The minimum atomic E-state index is -3.31. The van der Waals surface area contributed by atoms with Crippen molar-refractivity contribution in [2.24, 2.45) is 0 Å². The van der Waals surface area contributed by atoms with Gasteiger partial charge >= 0.3 is 0 Å². The Bertz CT molecular complexity index is 1470. The smallest absolute Gasteiger partial charge is 0.274 e. The van der Waals surface area contributed by atoms with E-state index < -0.39 is 9.84 Å². The molecule has 2 amide bonds. The van der Waals surface area contributed by atoms with Gasteiger partial charge in [0.2, 0.25) is 0 Å². The Hall–Kier alpha value is -3.24. The molecular formula is C23H22N4O4S2. The number of imidazole rings is 1. The molecule has 1 aliphatic rings. The van der Waals surface area contributed by atoms with Crippen molar-refractivity contribution in [1.29, 1.82) is 0 Å². The summed E-state index contributed by atoms with van der Waals surface area (Å²) in [4.78, 5) is 35.0. The second-order valence-electron chi connectivity index (χ2n) is 8.08. The van der Waals surface area contributed by atoms with Gasteiger partial charge in [-0.15, -0.1) is 0 Å². The third kappa shape index (κ3) is 4.11. The second-order valence-corrected chi connectivity index (χ2v) is 11.1. The maximum atomic E-state index is 13.1. The molecular weight excluding hydrogens is 460 g/mol. The summed E-state index contributed by atoms with van der Waals surface area (Å²) < 4.78 is 26.4. The number of sulfone groups is 1. The van der Waals surface area contributed by atoms with E-state index in [4.69, 9.17) is 0 Å². The van der Waals surface area contributed by atoms with Crippen LogP contribution in [0.15, 0.2) is 59.6 Å². The van der Waals surface area contributed by atoms with E-state index in [-0.39, 0.29) is 16.7 Å². The van der Waals surface area contributed by atoms with Gasteiger partial charge in [0.05, 0.1) is 15.1 Å². The summed E-state index contributed by atoms with van der Waals surface area (Å²) in [5.74, 6) is -0.305. The summed E-state index contributed by atoms with van der Waals surface area (Å²) in [6.45, 7) is 1.89. The molecule has 0 N–H and O–H groups in total. The summed E-state index contributed by atoms with van der Waals surface area (Å²) >= 11 is 1.55. The lowest BCUT2D eigenvalue weighted by atomic mass is 10.2. The zero-order valence-corrected chi connectivity index (χ0v) is 19.6. The van der Waals surface area contributed by atoms with Crippen LogP contribution in [-0.4, -0.2) is 71.9 Å². The van der Waals surface area contributed by atoms with Crippen LogP contribution in [0, 0.1) is 0 Å². The molecule has 2 aromatic carbocycles. The molecule has 0 aliphatic carbocycles. The number of para-hydroxylation sites is 1. The zero-order chi connectivity index (χ0) is 23.2. The number of hydrogen-bond donors (Lipinski definition) is 0. The van der Waals surface area contributed by atoms with E-state index in [1.807, 2.05) is 28.7 Å². The van der Waals surface area contributed by atoms with E-state index in [1.54, 1.807) is 27.3 Å². The number of aromatic nitrogens is 2. The number of fused-ring (bicyclic) bond motifs is 3. The Morgan fingerprint density at radius 3 is 2.27 bits per heavy atom. The molecule has 5 rings (SSSR count). The van der Waals surface area contributed by atoms with Gasteiger partial charge in [0.15, 0.2) is 14.8 Å². The van der Waals surface area contributed by atoms with Gasteiger partial charge in [-0.2, -0.15) is 0 Å². The Kier molecular flexibility index (Phi) is 5.41. The average Bonchev–Trinajstić information content (AvgIpc) is 3.26. The van der Waals surface area contributed by atoms with Crippen LogP contribution < -0.4 is 0 Å². The predicted octanol–water partition coefficient (Wildman–Crippen LogP) is 2.94. The Labute approximate surface area is 195 Å². The van der Waals surface area contributed by atoms with Crippen LogP contribution >= 0.6 is 11.3 Å². The van der Waals surface area contributed by atoms with Crippen LogP contribution in [0.5, 0.6) is 0 Å². The standard InChI is InChI=1S/C23H22N4O4S2/c1-33(30,31)17-9-7-16(8-10-17)21(28)25-11-4-12-26(14-13-25)22(29)18-15-27-19-5-2-3-6-20(19)32-23(27)24-18/h2-3,5-10,15H,4,11-14H2,1H3. The van der Waals surface area contributed by atoms with Gasteiger partial charge in [-0.3, -0.25) is 14.0 Å². The molecule has 10 heteroatoms. The number of thiazole rings is 1. The molecule has 1 aliphatic heterocycles. The van der Waals surface area contributed by atoms with Gasteiger partial charge in [-0.25, -0.2) is 13.4 Å². The molecule has 33 heavy (non-hydrogen) atoms. The van der Waals surface area contributed by atoms with Crippen molar-refractivity contribution in [2.45, 2.75) is 11.3 Å². The highest BCUT2D eigenvalue weighted by atomic mass is 32.2. The number of nitrogens with zero attached hydrogens (tertiary/aromatic N) is 4. The molecule has 1 saturated heterocycles. The van der Waals surface area contributed by atoms with Crippen molar-refractivity contribution in [3.63, 3.8) is 0 Å². The van der Waals surface area contributed by atoms with Crippen molar-refractivity contribution in [3.05, 3.63) is 66.0 Å². The van der Waals surface area contributed by atoms with Crippen molar-refractivity contribution in [2.75, 3.05) is 32.4 Å². The Morgan fingerprint density at radius 1 is 0.909 bits per heavy atom. The molecule has 1 fully saturated rings. The average molecular weight is 483 g/mol. The molecule has 0 atom stereocenters. The SMILES string of the molecule is CS(=O)(=O)c1ccc(C(=O)N2CCCN(C(=O)c3cn4c(n3)sc3ccccc34)CC2)cc1. The maximum Gasteiger partial charge on any atom is 0.274 e. The van der Waals surface area contributed by atoms with Crippen molar-refractivity contribution in [3.8, 4) is 0 Å². The highest BCUT2D eigenvalue weighted by Crippen LogP contribution is 2.26. The molecule has 0 radical (unpaired) electrons. The summed E-state index contributed by atoms with van der Waals surface area (Å²) in [7, 11) is -3.31. The van der Waals surface area contributed by atoms with Crippen LogP contribution in [0.4, 0.5) is 0 Å². The van der Waals surface area contributed by atoms with Crippen molar-refractivity contribution < 1.29 is 18.0 Å². The summed E-state index contributed by atoms with van der Waals surface area (Å²) in [5.41, 5.74) is 1.87. The van der Waals surface area contributed by atoms with Gasteiger partial charge in [0.25, 0.3) is 11.8 Å². The first kappa shape index (κ1) is 21.6. The summed E-state index contributed by atoms with van der Waals surface area (Å²) in [6, 6.07) is 14.0. The van der Waals surface area contributed by atoms with Crippen molar-refractivity contribution >= 4 is 48.2 Å². The number of benzene rings is 2. The third-order valence-corrected chi connectivity index (χ3v) is 7.98. The molecule has 0 unspecified atom stereocenters. The van der Waals surface area contributed by atoms with Crippen LogP contribution in [0.25, 0.3) is 15.2 Å². The first-order valence-corrected chi connectivity index (χ1v) is 13.3. The van der Waals surface area contributed by atoms with E-state index in [1.165, 1.54) is 24.3 Å². The van der Waals surface area contributed by atoms with E-state index in [9.17, 15) is 18.0 Å². The minimum Gasteiger partial charge on any atom is -0.337 e. The molecule has 2 aromatic heterocycles. The first-order chi connectivity index (χ1) is 15.8. The molecule has 8 nitrogen and oxygen atoms in total. The predicted molar refractivity (Wildman–Crippen MR) is 127 cm³/mol. The first-order valence-electron chi connectivity index (χ1n) is 10.6. The molecule has 0 saturated carbocycles. The quantitative estimate of drug-likeness (QED) is 0.448. The van der Waals surface area contributed by atoms with Gasteiger partial charge in [0.1, 0.15) is 5.69 Å². The van der Waals surface area contributed by atoms with E-state index in [0.29, 0.717) is 43.9 Å². The lowest BCUT2D eigenvalue weighted by Gasteiger charge is -2.22. The number of rotatable bonds is 3. The zero-order valence-electron chi connectivity index (χ0n) is 18.0. The highest BCUT2D eigenvalue weighted by Gasteiger charge is 2.25. The normalized spacial score (nSPS) is 15.2. The topological polar surface area (TPSA) is 92.1 Å². The van der Waals surface area contributed by atoms with E-state index in [2.05, 4.69) is 4.98 Å². The lowest BCUT2D eigenvalue weighted by molar-refractivity contribution is 0.0716. The highest BCUT2D eigenvalue weighted by molar-refractivity contribution is 7.90. The fourth-order valence-corrected chi connectivity index (χ4v) is 5.70. The van der Waals surface area contributed by atoms with Crippen LogP contribution in [0.1, 0.15) is 27.3 Å². The van der Waals surface area contributed by atoms with E-state index >= 15 is 0 Å². The second kappa shape index (κ2) is 8.27. The maximum absolute atomic E-state index is 13.1. The van der Waals surface area contributed by atoms with Gasteiger partial charge < -0.3 is 9.80 Å². The molecule has 4 aromatic rings. The van der Waals surface area contributed by atoms with Gasteiger partial charge in [-0.05, 0) is 42.8 Å². The van der Waals surface area contributed by atoms with Gasteiger partial charge in [0, 0.05) is 44.2 Å². The van der Waals surface area contributed by atoms with Gasteiger partial charge in [-0.1, -0.05) is 23.5 Å². The molecule has 170 valence electrons. The number of amides is 2. The fraction of sp³-hybridized carbons (Fsp3) is 0.261. The Balaban J connectivity index is 1.29. The fourth-order valence-electron chi connectivity index (χ4n) is 4.06. The Morgan fingerprint density at radius 2 is 1.58 bits per heavy atom. The van der Waals surface area contributed by atoms with Crippen LogP contribution in [0.2, 0.25) is 0 Å². The number of hydrogen-bond acceptors (Lipinski definition) is 6. The monoisotopic (exact) mass is 482 g/mol. The third-order valence-electron chi connectivity index (χ3n) is 5.82. The number of carbonyl (C=O) groups excluding carboxylic acids is 2. The summed E-state index contributed by atoms with van der Waals surface area (Å²) in [5, 5.41) is 0. The van der Waals surface area contributed by atoms with Crippen LogP contribution in [0.3, 0.4) is 0 Å². The minimum absolute atomic E-state index is 0.137. The molecule has 0 bridgehead atoms. The van der Waals surface area contributed by atoms with Crippen LogP contribution in [-0.2, 0) is 9.84 Å². The largest absolute Gasteiger partial charge is 0.337 e. The summed E-state index contributed by atoms with van der Waals surface area (Å²) in [6.07, 6.45) is 3.58. The number of carbonyl (C=O) groups is 2. The molecule has 0 spiro atoms. The lowest BCUT2D eigenvalue weighted by Crippen LogP contribution is -2.37. The molecule has 3 heterocycles. The van der Waals surface area contributed by atoms with Crippen molar-refractivity contribution in [1.82, 2.24) is 19.2 Å². The van der Waals surface area contributed by atoms with E-state index in [0.717, 1.165) is 21.4 Å².